The lowest BCUT2D eigenvalue weighted by Crippen LogP contribution is -2.28. The largest absolute Gasteiger partial charge is 0.308 e. The minimum Gasteiger partial charge on any atom is -0.308 e. The Hall–Kier alpha value is -1.15. The van der Waals surface area contributed by atoms with Crippen molar-refractivity contribution in [2.75, 3.05) is 0 Å². The van der Waals surface area contributed by atoms with E-state index >= 15 is 0 Å². The van der Waals surface area contributed by atoms with Crippen LogP contribution in [0.5, 0.6) is 0 Å². The number of aryl methyl sites for hydroxylation is 1. The average Bonchev–Trinajstić information content (AvgIpc) is 2.30. The maximum absolute atomic E-state index is 13.4. The Kier molecular flexibility index (Phi) is 5.36. The second kappa shape index (κ2) is 6.55. The van der Waals surface area contributed by atoms with Crippen molar-refractivity contribution in [1.29, 1.82) is 0 Å². The zero-order valence-corrected chi connectivity index (χ0v) is 11.0. The lowest BCUT2D eigenvalue weighted by molar-refractivity contribution is 0.457. The molecule has 1 aromatic rings. The van der Waals surface area contributed by atoms with E-state index in [0.717, 1.165) is 18.4 Å². The molecule has 17 heavy (non-hydrogen) atoms. The predicted molar refractivity (Wildman–Crippen MR) is 71.6 cm³/mol. The number of hydrogen-bond acceptors (Lipinski definition) is 1. The quantitative estimate of drug-likeness (QED) is 0.731. The molecule has 0 aliphatic carbocycles. The van der Waals surface area contributed by atoms with Crippen LogP contribution in [-0.4, -0.2) is 6.04 Å². The summed E-state index contributed by atoms with van der Waals surface area (Å²) in [6.07, 6.45) is 3.99. The molecule has 0 fully saturated rings. The molecule has 0 saturated heterocycles. The molecule has 0 aliphatic heterocycles. The summed E-state index contributed by atoms with van der Waals surface area (Å²) in [7, 11) is 0. The summed E-state index contributed by atoms with van der Waals surface area (Å²) in [6, 6.07) is 6.01. The Balaban J connectivity index is 2.59. The van der Waals surface area contributed by atoms with Crippen molar-refractivity contribution in [3.63, 3.8) is 0 Å². The van der Waals surface area contributed by atoms with Gasteiger partial charge in [-0.3, -0.25) is 0 Å². The highest BCUT2D eigenvalue weighted by Crippen LogP contribution is 2.17. The Morgan fingerprint density at radius 3 is 2.71 bits per heavy atom. The maximum atomic E-state index is 13.4. The fourth-order valence-electron chi connectivity index (χ4n) is 1.85. The molecule has 0 heterocycles. The van der Waals surface area contributed by atoms with Gasteiger partial charge < -0.3 is 5.32 Å². The molecule has 0 aliphatic rings. The van der Waals surface area contributed by atoms with Crippen molar-refractivity contribution < 1.29 is 4.39 Å². The lowest BCUT2D eigenvalue weighted by atomic mass is 10.0. The first-order chi connectivity index (χ1) is 8.04. The van der Waals surface area contributed by atoms with E-state index in [0.29, 0.717) is 11.6 Å². The average molecular weight is 235 g/mol. The molecule has 1 aromatic carbocycles. The van der Waals surface area contributed by atoms with E-state index in [4.69, 9.17) is 0 Å². The Morgan fingerprint density at radius 1 is 1.41 bits per heavy atom. The van der Waals surface area contributed by atoms with Crippen molar-refractivity contribution in [2.45, 2.75) is 45.7 Å². The smallest absolute Gasteiger partial charge is 0.126 e. The molecule has 0 amide bonds. The van der Waals surface area contributed by atoms with Gasteiger partial charge in [0, 0.05) is 12.1 Å². The van der Waals surface area contributed by atoms with Crippen LogP contribution in [0.15, 0.2) is 30.9 Å². The van der Waals surface area contributed by atoms with Gasteiger partial charge in [0.05, 0.1) is 0 Å². The Bertz CT molecular complexity index is 373. The molecule has 94 valence electrons. The fraction of sp³-hybridized carbons (Fsp3) is 0.467. The van der Waals surface area contributed by atoms with Crippen molar-refractivity contribution >= 4 is 0 Å². The van der Waals surface area contributed by atoms with Gasteiger partial charge in [0.1, 0.15) is 5.82 Å². The van der Waals surface area contributed by atoms with Crippen molar-refractivity contribution in [2.24, 2.45) is 0 Å². The monoisotopic (exact) mass is 235 g/mol. The van der Waals surface area contributed by atoms with Gasteiger partial charge in [-0.1, -0.05) is 18.2 Å². The van der Waals surface area contributed by atoms with E-state index in [1.54, 1.807) is 13.0 Å². The molecule has 0 radical (unpaired) electrons. The van der Waals surface area contributed by atoms with Gasteiger partial charge in [-0.2, -0.15) is 0 Å². The second-order valence-electron chi connectivity index (χ2n) is 4.66. The van der Waals surface area contributed by atoms with Gasteiger partial charge in [-0.15, -0.1) is 6.58 Å². The van der Waals surface area contributed by atoms with Gasteiger partial charge in [0.15, 0.2) is 0 Å². The fourth-order valence-corrected chi connectivity index (χ4v) is 1.85. The number of rotatable bonds is 6. The molecule has 1 nitrogen and oxygen atoms in total. The van der Waals surface area contributed by atoms with Crippen LogP contribution in [0.2, 0.25) is 0 Å². The van der Waals surface area contributed by atoms with E-state index in [2.05, 4.69) is 25.7 Å². The highest BCUT2D eigenvalue weighted by molar-refractivity contribution is 5.25. The Morgan fingerprint density at radius 2 is 2.12 bits per heavy atom. The van der Waals surface area contributed by atoms with E-state index in [-0.39, 0.29) is 11.9 Å². The molecule has 2 unspecified atom stereocenters. The first-order valence-electron chi connectivity index (χ1n) is 6.17. The normalized spacial score (nSPS) is 14.4. The second-order valence-corrected chi connectivity index (χ2v) is 4.66. The number of halogens is 1. The van der Waals surface area contributed by atoms with Gasteiger partial charge in [-0.25, -0.2) is 4.39 Å². The third-order valence-electron chi connectivity index (χ3n) is 3.03. The highest BCUT2D eigenvalue weighted by Gasteiger charge is 2.10. The molecule has 2 atom stereocenters. The zero-order valence-electron chi connectivity index (χ0n) is 11.0. The van der Waals surface area contributed by atoms with Crippen LogP contribution in [0.3, 0.4) is 0 Å². The van der Waals surface area contributed by atoms with E-state index in [9.17, 15) is 4.39 Å². The summed E-state index contributed by atoms with van der Waals surface area (Å²) in [6.45, 7) is 9.70. The minimum atomic E-state index is -0.130. The maximum Gasteiger partial charge on any atom is 0.126 e. The lowest BCUT2D eigenvalue weighted by Gasteiger charge is -2.20. The van der Waals surface area contributed by atoms with Crippen LogP contribution in [0.4, 0.5) is 4.39 Å². The van der Waals surface area contributed by atoms with Crippen LogP contribution >= 0.6 is 0 Å². The number of nitrogens with one attached hydrogen (secondary N) is 1. The third kappa shape index (κ3) is 4.31. The van der Waals surface area contributed by atoms with Gasteiger partial charge in [0.2, 0.25) is 0 Å². The topological polar surface area (TPSA) is 12.0 Å². The highest BCUT2D eigenvalue weighted by atomic mass is 19.1. The van der Waals surface area contributed by atoms with Crippen LogP contribution < -0.4 is 5.32 Å². The first-order valence-corrected chi connectivity index (χ1v) is 6.17. The van der Waals surface area contributed by atoms with Crippen LogP contribution in [0, 0.1) is 12.7 Å². The number of hydrogen-bond donors (Lipinski definition) is 1. The Labute approximate surface area is 104 Å². The van der Waals surface area contributed by atoms with Crippen molar-refractivity contribution in [3.05, 3.63) is 47.8 Å². The molecule has 0 aromatic heterocycles. The number of allylic oxidation sites excluding steroid dienone is 1. The molecule has 2 heteroatoms. The van der Waals surface area contributed by atoms with Crippen LogP contribution in [0.1, 0.15) is 43.9 Å². The van der Waals surface area contributed by atoms with Gasteiger partial charge in [0.25, 0.3) is 0 Å². The zero-order chi connectivity index (χ0) is 12.8. The standard InChI is InChI=1S/C15H22FN/c1-5-6-7-12(3)17-13(4)14-9-8-11(2)15(16)10-14/h5,8-10,12-13,17H,1,6-7H2,2-4H3. The molecular weight excluding hydrogens is 213 g/mol. The molecule has 0 bridgehead atoms. The SMILES string of the molecule is C=CCCC(C)NC(C)c1ccc(C)c(F)c1. The molecule has 1 rings (SSSR count). The summed E-state index contributed by atoms with van der Waals surface area (Å²) in [4.78, 5) is 0. The van der Waals surface area contributed by atoms with Gasteiger partial charge >= 0.3 is 0 Å². The van der Waals surface area contributed by atoms with E-state index in [1.807, 2.05) is 18.2 Å². The van der Waals surface area contributed by atoms with Crippen LogP contribution in [-0.2, 0) is 0 Å². The summed E-state index contributed by atoms with van der Waals surface area (Å²) < 4.78 is 13.4. The summed E-state index contributed by atoms with van der Waals surface area (Å²) >= 11 is 0. The summed E-state index contributed by atoms with van der Waals surface area (Å²) in [5.74, 6) is -0.130. The van der Waals surface area contributed by atoms with E-state index in [1.165, 1.54) is 0 Å². The van der Waals surface area contributed by atoms with Gasteiger partial charge in [-0.05, 0) is 50.8 Å². The third-order valence-corrected chi connectivity index (χ3v) is 3.03. The molecule has 0 saturated carbocycles. The molecule has 1 N–H and O–H groups in total. The summed E-state index contributed by atoms with van der Waals surface area (Å²) in [5.41, 5.74) is 1.69. The molecular formula is C15H22FN. The summed E-state index contributed by atoms with van der Waals surface area (Å²) in [5, 5.41) is 3.46. The van der Waals surface area contributed by atoms with E-state index < -0.39 is 0 Å². The molecule has 0 spiro atoms. The predicted octanol–water partition coefficient (Wildman–Crippen LogP) is 4.14. The number of benzene rings is 1. The minimum absolute atomic E-state index is 0.130. The van der Waals surface area contributed by atoms with Crippen molar-refractivity contribution in [3.8, 4) is 0 Å². The van der Waals surface area contributed by atoms with Crippen LogP contribution in [0.25, 0.3) is 0 Å². The first kappa shape index (κ1) is 13.9. The van der Waals surface area contributed by atoms with Crippen molar-refractivity contribution in [1.82, 2.24) is 5.32 Å².